The van der Waals surface area contributed by atoms with Crippen LogP contribution in [0.2, 0.25) is 0 Å². The van der Waals surface area contributed by atoms with Gasteiger partial charge < -0.3 is 15.4 Å². The van der Waals surface area contributed by atoms with Crippen molar-refractivity contribution in [3.63, 3.8) is 0 Å². The van der Waals surface area contributed by atoms with Gasteiger partial charge in [-0.1, -0.05) is 56.2 Å². The maximum atomic E-state index is 11.3. The lowest BCUT2D eigenvalue weighted by Crippen LogP contribution is -2.16. The molecule has 0 spiro atoms. The minimum atomic E-state index is -0.280. The molecule has 0 saturated carbocycles. The SMILES string of the molecule is CCC.COC(=O)CNc1ccccc1CNc1c(C)cc(C)cc1C. The van der Waals surface area contributed by atoms with Crippen molar-refractivity contribution in [2.75, 3.05) is 24.3 Å². The van der Waals surface area contributed by atoms with Crippen molar-refractivity contribution < 1.29 is 9.53 Å². The van der Waals surface area contributed by atoms with E-state index in [2.05, 4.69) is 62.1 Å². The van der Waals surface area contributed by atoms with E-state index < -0.39 is 0 Å². The molecule has 0 aliphatic carbocycles. The fourth-order valence-electron chi connectivity index (χ4n) is 2.73. The number of rotatable bonds is 6. The fraction of sp³-hybridized carbons (Fsp3) is 0.409. The topological polar surface area (TPSA) is 50.4 Å². The van der Waals surface area contributed by atoms with Crippen LogP contribution in [0.15, 0.2) is 36.4 Å². The quantitative estimate of drug-likeness (QED) is 0.696. The third-order valence-corrected chi connectivity index (χ3v) is 3.80. The summed E-state index contributed by atoms with van der Waals surface area (Å²) in [6.45, 7) is 11.4. The first-order chi connectivity index (χ1) is 12.4. The van der Waals surface area contributed by atoms with Crippen LogP contribution in [-0.2, 0) is 16.1 Å². The molecule has 26 heavy (non-hydrogen) atoms. The number of benzene rings is 2. The second-order valence-electron chi connectivity index (χ2n) is 6.42. The van der Waals surface area contributed by atoms with Crippen LogP contribution in [0.25, 0.3) is 0 Å². The third-order valence-electron chi connectivity index (χ3n) is 3.80. The Morgan fingerprint density at radius 3 is 2.15 bits per heavy atom. The Kier molecular flexibility index (Phi) is 9.27. The lowest BCUT2D eigenvalue weighted by Gasteiger charge is -2.16. The number of aryl methyl sites for hydroxylation is 3. The number of ether oxygens (including phenoxy) is 1. The van der Waals surface area contributed by atoms with Gasteiger partial charge in [0, 0.05) is 17.9 Å². The van der Waals surface area contributed by atoms with E-state index in [0.29, 0.717) is 6.54 Å². The van der Waals surface area contributed by atoms with Gasteiger partial charge in [-0.05, 0) is 43.5 Å². The summed E-state index contributed by atoms with van der Waals surface area (Å²) >= 11 is 0. The first-order valence-corrected chi connectivity index (χ1v) is 9.13. The normalized spacial score (nSPS) is 9.77. The van der Waals surface area contributed by atoms with Crippen molar-refractivity contribution in [3.05, 3.63) is 58.7 Å². The minimum Gasteiger partial charge on any atom is -0.468 e. The van der Waals surface area contributed by atoms with E-state index in [4.69, 9.17) is 0 Å². The zero-order valence-electron chi connectivity index (χ0n) is 16.9. The van der Waals surface area contributed by atoms with Gasteiger partial charge in [-0.3, -0.25) is 4.79 Å². The van der Waals surface area contributed by atoms with Crippen molar-refractivity contribution >= 4 is 17.3 Å². The molecule has 0 saturated heterocycles. The molecule has 0 unspecified atom stereocenters. The van der Waals surface area contributed by atoms with Gasteiger partial charge in [0.1, 0.15) is 6.54 Å². The number of hydrogen-bond donors (Lipinski definition) is 2. The van der Waals surface area contributed by atoms with E-state index in [1.54, 1.807) is 0 Å². The van der Waals surface area contributed by atoms with E-state index in [-0.39, 0.29) is 12.5 Å². The first kappa shape index (κ1) is 21.6. The summed E-state index contributed by atoms with van der Waals surface area (Å²) < 4.78 is 4.67. The van der Waals surface area contributed by atoms with Gasteiger partial charge in [-0.25, -0.2) is 0 Å². The second kappa shape index (κ2) is 11.2. The van der Waals surface area contributed by atoms with Gasteiger partial charge in [-0.15, -0.1) is 0 Å². The zero-order valence-corrected chi connectivity index (χ0v) is 16.9. The number of esters is 1. The summed E-state index contributed by atoms with van der Waals surface area (Å²) in [5, 5.41) is 6.63. The highest BCUT2D eigenvalue weighted by Gasteiger charge is 2.07. The predicted molar refractivity (Wildman–Crippen MR) is 111 cm³/mol. The summed E-state index contributed by atoms with van der Waals surface area (Å²) in [6, 6.07) is 12.3. The molecule has 2 rings (SSSR count). The Labute approximate surface area is 158 Å². The Morgan fingerprint density at radius 2 is 1.58 bits per heavy atom. The molecule has 0 bridgehead atoms. The Bertz CT molecular complexity index is 688. The number of anilines is 2. The predicted octanol–water partition coefficient (Wildman–Crippen LogP) is 5.23. The summed E-state index contributed by atoms with van der Waals surface area (Å²) in [5.74, 6) is -0.280. The van der Waals surface area contributed by atoms with Gasteiger partial charge in [-0.2, -0.15) is 0 Å². The highest BCUT2D eigenvalue weighted by Crippen LogP contribution is 2.24. The van der Waals surface area contributed by atoms with Crippen molar-refractivity contribution in [1.29, 1.82) is 0 Å². The van der Waals surface area contributed by atoms with E-state index in [9.17, 15) is 4.79 Å². The summed E-state index contributed by atoms with van der Waals surface area (Å²) in [5.41, 5.74) is 6.96. The van der Waals surface area contributed by atoms with Crippen LogP contribution in [-0.4, -0.2) is 19.6 Å². The molecule has 0 amide bonds. The number of hydrogen-bond acceptors (Lipinski definition) is 4. The van der Waals surface area contributed by atoms with Crippen molar-refractivity contribution in [3.8, 4) is 0 Å². The molecule has 0 fully saturated rings. The average molecular weight is 357 g/mol. The number of para-hydroxylation sites is 1. The Hall–Kier alpha value is -2.49. The molecule has 4 nitrogen and oxygen atoms in total. The molecule has 0 aliphatic rings. The van der Waals surface area contributed by atoms with Crippen LogP contribution in [0.4, 0.5) is 11.4 Å². The number of nitrogens with one attached hydrogen (secondary N) is 2. The molecular formula is C22H32N2O2. The number of methoxy groups -OCH3 is 1. The monoisotopic (exact) mass is 356 g/mol. The third kappa shape index (κ3) is 6.79. The standard InChI is InChI=1S/C19H24N2O2.C3H8/c1-13-9-14(2)19(15(3)10-13)21-11-16-7-5-6-8-17(16)20-12-18(22)23-4;1-3-2/h5-10,20-21H,11-12H2,1-4H3;3H2,1-2H3. The highest BCUT2D eigenvalue weighted by molar-refractivity contribution is 5.75. The van der Waals surface area contributed by atoms with Crippen LogP contribution in [0.1, 0.15) is 42.5 Å². The van der Waals surface area contributed by atoms with E-state index in [1.807, 2.05) is 24.3 Å². The van der Waals surface area contributed by atoms with Crippen molar-refractivity contribution in [2.45, 2.75) is 47.6 Å². The molecule has 0 atom stereocenters. The summed E-state index contributed by atoms with van der Waals surface area (Å²) in [7, 11) is 1.39. The molecule has 0 aliphatic heterocycles. The molecule has 0 radical (unpaired) electrons. The number of carbonyl (C=O) groups is 1. The van der Waals surface area contributed by atoms with Crippen LogP contribution in [0, 0.1) is 20.8 Å². The van der Waals surface area contributed by atoms with E-state index in [1.165, 1.54) is 35.9 Å². The molecule has 2 N–H and O–H groups in total. The second-order valence-corrected chi connectivity index (χ2v) is 6.42. The van der Waals surface area contributed by atoms with Crippen molar-refractivity contribution in [1.82, 2.24) is 0 Å². The van der Waals surface area contributed by atoms with Gasteiger partial charge in [0.2, 0.25) is 0 Å². The molecular weight excluding hydrogens is 324 g/mol. The zero-order chi connectivity index (χ0) is 19.5. The van der Waals surface area contributed by atoms with Gasteiger partial charge in [0.25, 0.3) is 0 Å². The summed E-state index contributed by atoms with van der Waals surface area (Å²) in [4.78, 5) is 11.3. The minimum absolute atomic E-state index is 0.163. The van der Waals surface area contributed by atoms with Crippen LogP contribution >= 0.6 is 0 Å². The summed E-state index contributed by atoms with van der Waals surface area (Å²) in [6.07, 6.45) is 1.25. The van der Waals surface area contributed by atoms with Crippen LogP contribution in [0.3, 0.4) is 0 Å². The van der Waals surface area contributed by atoms with Gasteiger partial charge in [0.05, 0.1) is 7.11 Å². The van der Waals surface area contributed by atoms with E-state index >= 15 is 0 Å². The largest absolute Gasteiger partial charge is 0.468 e. The van der Waals surface area contributed by atoms with Gasteiger partial charge in [0.15, 0.2) is 0 Å². The maximum Gasteiger partial charge on any atom is 0.325 e. The van der Waals surface area contributed by atoms with Crippen molar-refractivity contribution in [2.24, 2.45) is 0 Å². The average Bonchev–Trinajstić information content (AvgIpc) is 2.60. The lowest BCUT2D eigenvalue weighted by molar-refractivity contribution is -0.138. The Morgan fingerprint density at radius 1 is 1.00 bits per heavy atom. The molecule has 142 valence electrons. The molecule has 4 heteroatoms. The smallest absolute Gasteiger partial charge is 0.325 e. The molecule has 2 aromatic rings. The molecule has 0 aromatic heterocycles. The maximum absolute atomic E-state index is 11.3. The molecule has 0 heterocycles. The van der Waals surface area contributed by atoms with E-state index in [0.717, 1.165) is 11.3 Å². The Balaban J connectivity index is 0.00000105. The van der Waals surface area contributed by atoms with Crippen LogP contribution < -0.4 is 10.6 Å². The lowest BCUT2D eigenvalue weighted by atomic mass is 10.0. The number of carbonyl (C=O) groups excluding carboxylic acids is 1. The van der Waals surface area contributed by atoms with Gasteiger partial charge >= 0.3 is 5.97 Å². The first-order valence-electron chi connectivity index (χ1n) is 9.13. The molecule has 2 aromatic carbocycles. The highest BCUT2D eigenvalue weighted by atomic mass is 16.5. The van der Waals surface area contributed by atoms with Crippen LogP contribution in [0.5, 0.6) is 0 Å². The fourth-order valence-corrected chi connectivity index (χ4v) is 2.73.